The van der Waals surface area contributed by atoms with Gasteiger partial charge in [0.1, 0.15) is 5.76 Å². The molecular formula is C18H21BrN2O2. The summed E-state index contributed by atoms with van der Waals surface area (Å²) in [6.07, 6.45) is 5.82. The maximum atomic E-state index is 12.6. The molecule has 1 aromatic heterocycles. The van der Waals surface area contributed by atoms with Crippen LogP contribution in [0.4, 0.5) is 5.69 Å². The van der Waals surface area contributed by atoms with E-state index in [1.807, 2.05) is 36.2 Å². The summed E-state index contributed by atoms with van der Waals surface area (Å²) in [5, 5.41) is 0. The van der Waals surface area contributed by atoms with E-state index < -0.39 is 0 Å². The van der Waals surface area contributed by atoms with E-state index in [0.29, 0.717) is 23.2 Å². The van der Waals surface area contributed by atoms with Crippen molar-refractivity contribution in [1.29, 1.82) is 0 Å². The van der Waals surface area contributed by atoms with Gasteiger partial charge in [-0.15, -0.1) is 0 Å². The van der Waals surface area contributed by atoms with Crippen LogP contribution in [0, 0.1) is 0 Å². The topological polar surface area (TPSA) is 59.5 Å². The molecule has 1 aliphatic carbocycles. The number of nitrogen functional groups attached to an aromatic ring is 1. The summed E-state index contributed by atoms with van der Waals surface area (Å²) in [7, 11) is 1.87. The number of halogens is 1. The Morgan fingerprint density at radius 2 is 1.96 bits per heavy atom. The standard InChI is InChI=1S/C18H21BrN2O2/c1-21(13-5-3-2-4-6-13)18(22)17-10-9-16(23-17)14-8-7-12(19)11-15(14)20/h7-11,13H,2-6,20H2,1H3. The van der Waals surface area contributed by atoms with Crippen molar-refractivity contribution in [3.8, 4) is 11.3 Å². The Labute approximate surface area is 144 Å². The van der Waals surface area contributed by atoms with Gasteiger partial charge in [-0.05, 0) is 43.2 Å². The molecule has 1 fully saturated rings. The monoisotopic (exact) mass is 376 g/mol. The largest absolute Gasteiger partial charge is 0.451 e. The zero-order valence-corrected chi connectivity index (χ0v) is 14.8. The number of benzene rings is 1. The maximum absolute atomic E-state index is 12.6. The number of anilines is 1. The van der Waals surface area contributed by atoms with Crippen LogP contribution in [0.25, 0.3) is 11.3 Å². The normalized spacial score (nSPS) is 15.6. The molecule has 3 rings (SSSR count). The third-order valence-corrected chi connectivity index (χ3v) is 5.03. The summed E-state index contributed by atoms with van der Waals surface area (Å²) >= 11 is 3.39. The van der Waals surface area contributed by atoms with Gasteiger partial charge in [0.15, 0.2) is 5.76 Å². The number of nitrogens with two attached hydrogens (primary N) is 1. The summed E-state index contributed by atoms with van der Waals surface area (Å²) in [6.45, 7) is 0. The van der Waals surface area contributed by atoms with Crippen molar-refractivity contribution >= 4 is 27.5 Å². The first-order valence-electron chi connectivity index (χ1n) is 7.98. The molecule has 0 atom stereocenters. The van der Waals surface area contributed by atoms with Gasteiger partial charge in [-0.25, -0.2) is 0 Å². The predicted molar refractivity (Wildman–Crippen MR) is 95.2 cm³/mol. The number of hydrogen-bond donors (Lipinski definition) is 1. The molecular weight excluding hydrogens is 356 g/mol. The first-order chi connectivity index (χ1) is 11.1. The molecule has 2 aromatic rings. The van der Waals surface area contributed by atoms with Gasteiger partial charge in [0.2, 0.25) is 0 Å². The van der Waals surface area contributed by atoms with Crippen LogP contribution in [0.3, 0.4) is 0 Å². The Kier molecular flexibility index (Phi) is 4.76. The van der Waals surface area contributed by atoms with Gasteiger partial charge in [-0.3, -0.25) is 4.79 Å². The van der Waals surface area contributed by atoms with Crippen LogP contribution in [-0.2, 0) is 0 Å². The van der Waals surface area contributed by atoms with Crippen molar-refractivity contribution in [2.24, 2.45) is 0 Å². The summed E-state index contributed by atoms with van der Waals surface area (Å²) in [5.74, 6) is 0.935. The molecule has 1 amide bonds. The fourth-order valence-corrected chi connectivity index (χ4v) is 3.54. The van der Waals surface area contributed by atoms with Crippen LogP contribution in [0.1, 0.15) is 42.7 Å². The smallest absolute Gasteiger partial charge is 0.289 e. The minimum absolute atomic E-state index is 0.0566. The third-order valence-electron chi connectivity index (χ3n) is 4.54. The SMILES string of the molecule is CN(C(=O)c1ccc(-c2ccc(Br)cc2N)o1)C1CCCCC1. The average Bonchev–Trinajstić information content (AvgIpc) is 3.04. The van der Waals surface area contributed by atoms with Crippen LogP contribution in [-0.4, -0.2) is 23.9 Å². The van der Waals surface area contributed by atoms with E-state index in [1.165, 1.54) is 19.3 Å². The van der Waals surface area contributed by atoms with Crippen molar-refractivity contribution in [2.75, 3.05) is 12.8 Å². The van der Waals surface area contributed by atoms with Gasteiger partial charge in [-0.1, -0.05) is 35.2 Å². The van der Waals surface area contributed by atoms with E-state index in [-0.39, 0.29) is 5.91 Å². The second-order valence-corrected chi connectivity index (χ2v) is 7.02. The van der Waals surface area contributed by atoms with Gasteiger partial charge in [0, 0.05) is 28.8 Å². The molecule has 0 aliphatic heterocycles. The third kappa shape index (κ3) is 3.44. The lowest BCUT2D eigenvalue weighted by molar-refractivity contribution is 0.0665. The first-order valence-corrected chi connectivity index (χ1v) is 8.78. The molecule has 0 spiro atoms. The van der Waals surface area contributed by atoms with E-state index in [2.05, 4.69) is 15.9 Å². The van der Waals surface area contributed by atoms with Crippen LogP contribution in [0.15, 0.2) is 39.2 Å². The highest BCUT2D eigenvalue weighted by molar-refractivity contribution is 9.10. The van der Waals surface area contributed by atoms with Gasteiger partial charge in [0.25, 0.3) is 5.91 Å². The Hall–Kier alpha value is -1.75. The Morgan fingerprint density at radius 3 is 2.65 bits per heavy atom. The molecule has 0 bridgehead atoms. The number of nitrogens with zero attached hydrogens (tertiary/aromatic N) is 1. The number of carbonyl (C=O) groups excluding carboxylic acids is 1. The molecule has 5 heteroatoms. The van der Waals surface area contributed by atoms with Gasteiger partial charge < -0.3 is 15.1 Å². The van der Waals surface area contributed by atoms with Crippen molar-refractivity contribution < 1.29 is 9.21 Å². The molecule has 0 radical (unpaired) electrons. The number of amides is 1. The van der Waals surface area contributed by atoms with Gasteiger partial charge in [-0.2, -0.15) is 0 Å². The Balaban J connectivity index is 1.79. The lowest BCUT2D eigenvalue weighted by Crippen LogP contribution is -2.38. The molecule has 1 heterocycles. The lowest BCUT2D eigenvalue weighted by Gasteiger charge is -2.30. The maximum Gasteiger partial charge on any atom is 0.289 e. The van der Waals surface area contributed by atoms with Crippen molar-refractivity contribution in [3.63, 3.8) is 0 Å². The van der Waals surface area contributed by atoms with E-state index in [0.717, 1.165) is 22.9 Å². The van der Waals surface area contributed by atoms with E-state index in [9.17, 15) is 4.79 Å². The van der Waals surface area contributed by atoms with Gasteiger partial charge >= 0.3 is 0 Å². The van der Waals surface area contributed by atoms with Crippen LogP contribution in [0.2, 0.25) is 0 Å². The van der Waals surface area contributed by atoms with Crippen LogP contribution in [0.5, 0.6) is 0 Å². The number of rotatable bonds is 3. The quantitative estimate of drug-likeness (QED) is 0.789. The second-order valence-electron chi connectivity index (χ2n) is 6.10. The minimum atomic E-state index is -0.0566. The molecule has 1 saturated carbocycles. The van der Waals surface area contributed by atoms with Crippen LogP contribution >= 0.6 is 15.9 Å². The number of carbonyl (C=O) groups is 1. The molecule has 23 heavy (non-hydrogen) atoms. The van der Waals surface area contributed by atoms with Crippen LogP contribution < -0.4 is 5.73 Å². The zero-order chi connectivity index (χ0) is 16.4. The highest BCUT2D eigenvalue weighted by atomic mass is 79.9. The highest BCUT2D eigenvalue weighted by Gasteiger charge is 2.25. The average molecular weight is 377 g/mol. The van der Waals surface area contributed by atoms with E-state index >= 15 is 0 Å². The number of furan rings is 1. The molecule has 2 N–H and O–H groups in total. The molecule has 1 aromatic carbocycles. The zero-order valence-electron chi connectivity index (χ0n) is 13.2. The molecule has 0 unspecified atom stereocenters. The second kappa shape index (κ2) is 6.79. The molecule has 4 nitrogen and oxygen atoms in total. The first kappa shape index (κ1) is 16.1. The number of hydrogen-bond acceptors (Lipinski definition) is 3. The Bertz CT molecular complexity index is 705. The Morgan fingerprint density at radius 1 is 1.22 bits per heavy atom. The summed E-state index contributed by atoms with van der Waals surface area (Å²) < 4.78 is 6.69. The van der Waals surface area contributed by atoms with Crippen molar-refractivity contribution in [2.45, 2.75) is 38.1 Å². The summed E-state index contributed by atoms with van der Waals surface area (Å²) in [6, 6.07) is 9.48. The van der Waals surface area contributed by atoms with E-state index in [1.54, 1.807) is 6.07 Å². The molecule has 0 saturated heterocycles. The van der Waals surface area contributed by atoms with Crippen molar-refractivity contribution in [3.05, 3.63) is 40.6 Å². The predicted octanol–water partition coefficient (Wildman–Crippen LogP) is 4.70. The summed E-state index contributed by atoms with van der Waals surface area (Å²) in [5.41, 5.74) is 7.45. The minimum Gasteiger partial charge on any atom is -0.451 e. The van der Waals surface area contributed by atoms with Crippen molar-refractivity contribution in [1.82, 2.24) is 4.90 Å². The molecule has 122 valence electrons. The highest BCUT2D eigenvalue weighted by Crippen LogP contribution is 2.31. The fourth-order valence-electron chi connectivity index (χ4n) is 3.16. The lowest BCUT2D eigenvalue weighted by atomic mass is 9.94. The van der Waals surface area contributed by atoms with E-state index in [4.69, 9.17) is 10.2 Å². The molecule has 1 aliphatic rings. The summed E-state index contributed by atoms with van der Waals surface area (Å²) in [4.78, 5) is 14.4. The fraction of sp³-hybridized carbons (Fsp3) is 0.389. The van der Waals surface area contributed by atoms with Gasteiger partial charge in [0.05, 0.1) is 0 Å².